The molecule has 6 aliphatic rings. The summed E-state index contributed by atoms with van der Waals surface area (Å²) in [6, 6.07) is 13.3. The maximum absolute atomic E-state index is 16.2. The third-order valence-electron chi connectivity index (χ3n) is 14.4. The van der Waals surface area contributed by atoms with Gasteiger partial charge in [0, 0.05) is 66.2 Å². The molecule has 3 saturated heterocycles. The van der Waals surface area contributed by atoms with E-state index >= 15 is 4.39 Å². The van der Waals surface area contributed by atoms with Crippen molar-refractivity contribution in [1.82, 2.24) is 30.0 Å². The number of carbonyl (C=O) groups is 5. The smallest absolute Gasteiger partial charge is 0.329 e. The highest BCUT2D eigenvalue weighted by Crippen LogP contribution is 2.63. The Morgan fingerprint density at radius 2 is 1.71 bits per heavy atom. The summed E-state index contributed by atoms with van der Waals surface area (Å²) in [5.41, 5.74) is 0.787. The van der Waals surface area contributed by atoms with Crippen molar-refractivity contribution < 1.29 is 28.4 Å². The van der Waals surface area contributed by atoms with Gasteiger partial charge < -0.3 is 15.5 Å². The second-order valence-corrected chi connectivity index (χ2v) is 18.6. The zero-order valence-corrected chi connectivity index (χ0v) is 35.4. The molecule has 0 unspecified atom stereocenters. The van der Waals surface area contributed by atoms with Crippen molar-refractivity contribution in [2.45, 2.75) is 92.8 Å². The maximum atomic E-state index is 16.2. The number of fused-ring (bicyclic) bond motifs is 4. The lowest BCUT2D eigenvalue weighted by molar-refractivity contribution is -0.145. The highest BCUT2D eigenvalue weighted by molar-refractivity contribution is 6.31. The molecule has 2 spiro atoms. The lowest BCUT2D eigenvalue weighted by Crippen LogP contribution is -2.60. The highest BCUT2D eigenvalue weighted by Gasteiger charge is 2.72. The van der Waals surface area contributed by atoms with E-state index in [1.165, 1.54) is 15.2 Å². The van der Waals surface area contributed by atoms with Crippen LogP contribution >= 0.6 is 23.2 Å². The Morgan fingerprint density at radius 3 is 2.47 bits per heavy atom. The summed E-state index contributed by atoms with van der Waals surface area (Å²) in [5.74, 6) is 3.04. The highest BCUT2D eigenvalue weighted by atomic mass is 35.5. The van der Waals surface area contributed by atoms with E-state index in [9.17, 15) is 28.8 Å². The molecule has 4 aliphatic heterocycles. The number of aromatic nitrogens is 2. The van der Waals surface area contributed by atoms with Crippen LogP contribution in [0.5, 0.6) is 0 Å². The monoisotopic (exact) mass is 879 g/mol. The Balaban J connectivity index is 0.814. The number of likely N-dealkylation sites (tertiary alicyclic amines) is 1. The molecule has 62 heavy (non-hydrogen) atoms. The van der Waals surface area contributed by atoms with Crippen LogP contribution in [-0.4, -0.2) is 74.3 Å². The van der Waals surface area contributed by atoms with E-state index in [1.807, 2.05) is 6.07 Å². The second-order valence-electron chi connectivity index (χ2n) is 17.8. The molecule has 4 aromatic rings. The lowest BCUT2D eigenvalue weighted by atomic mass is 9.55. The van der Waals surface area contributed by atoms with Crippen LogP contribution in [0.3, 0.4) is 0 Å². The molecule has 2 saturated carbocycles. The summed E-state index contributed by atoms with van der Waals surface area (Å²) in [7, 11) is 1.63. The molecule has 0 bridgehead atoms. The number of aryl methyl sites for hydroxylation is 1. The topological polar surface area (TPSA) is 164 Å². The van der Waals surface area contributed by atoms with Gasteiger partial charge >= 0.3 is 5.69 Å². The zero-order chi connectivity index (χ0) is 43.2. The van der Waals surface area contributed by atoms with Crippen LogP contribution < -0.4 is 27.0 Å². The fraction of sp³-hybridized carbons (Fsp3) is 0.435. The third kappa shape index (κ3) is 6.21. The van der Waals surface area contributed by atoms with Crippen LogP contribution in [-0.2, 0) is 36.4 Å². The van der Waals surface area contributed by atoms with Crippen molar-refractivity contribution in [1.29, 1.82) is 0 Å². The van der Waals surface area contributed by atoms with Gasteiger partial charge in [0.2, 0.25) is 29.5 Å². The molecule has 2 aliphatic carbocycles. The van der Waals surface area contributed by atoms with Crippen LogP contribution in [0.4, 0.5) is 10.1 Å². The van der Waals surface area contributed by atoms with Crippen molar-refractivity contribution in [2.24, 2.45) is 18.9 Å². The molecule has 3 aromatic carbocycles. The predicted molar refractivity (Wildman–Crippen MR) is 229 cm³/mol. The summed E-state index contributed by atoms with van der Waals surface area (Å²) >= 11 is 12.8. The van der Waals surface area contributed by atoms with Gasteiger partial charge in [-0.3, -0.25) is 43.7 Å². The maximum Gasteiger partial charge on any atom is 0.329 e. The summed E-state index contributed by atoms with van der Waals surface area (Å²) < 4.78 is 19.1. The van der Waals surface area contributed by atoms with E-state index in [1.54, 1.807) is 54.4 Å². The fourth-order valence-electron chi connectivity index (χ4n) is 11.3. The fourth-order valence-corrected chi connectivity index (χ4v) is 11.7. The second kappa shape index (κ2) is 15.1. The molecular formula is C46H44Cl2FN7O6. The summed E-state index contributed by atoms with van der Waals surface area (Å²) in [4.78, 5) is 81.8. The van der Waals surface area contributed by atoms with Crippen molar-refractivity contribution in [3.8, 4) is 11.8 Å². The van der Waals surface area contributed by atoms with Gasteiger partial charge in [-0.2, -0.15) is 0 Å². The minimum Gasteiger partial charge on any atom is -0.352 e. The Kier molecular flexibility index (Phi) is 9.88. The number of halogens is 3. The van der Waals surface area contributed by atoms with Crippen LogP contribution in [0.1, 0.15) is 86.4 Å². The molecule has 4 atom stereocenters. The first-order chi connectivity index (χ1) is 29.8. The minimum absolute atomic E-state index is 0.00984. The van der Waals surface area contributed by atoms with Crippen LogP contribution in [0.15, 0.2) is 59.4 Å². The number of hydrogen-bond acceptors (Lipinski definition) is 7. The zero-order valence-electron chi connectivity index (χ0n) is 33.9. The average molecular weight is 881 g/mol. The molecule has 1 aromatic heterocycles. The number of nitrogens with one attached hydrogen (secondary N) is 4. The van der Waals surface area contributed by atoms with Gasteiger partial charge in [-0.25, -0.2) is 9.18 Å². The molecule has 4 N–H and O–H groups in total. The molecule has 0 radical (unpaired) electrons. The molecule has 5 fully saturated rings. The quantitative estimate of drug-likeness (QED) is 0.165. The molecule has 13 nitrogen and oxygen atoms in total. The first kappa shape index (κ1) is 40.6. The Hall–Kier alpha value is -5.49. The minimum atomic E-state index is -1.33. The standard InChI is InChI=1S/C46H44Cl2FN7O6/c1-54-35-18-24(10-13-33(35)56(44(54)62)34-14-15-36(57)52-40(34)58)8-9-25-22-55(23-25)42(60)26-19-28(20-26)50-41(59)39-37(29-6-5-7-31(48)38(29)49)46(45(53-39)16-3-2-4-17-45)30-12-11-27(47)21-32(30)51-43(46)61/h5-7,10-13,18,21,25-26,28,34,37,39,53H,2-4,14-17,19-20,22-23H2,1H3,(H,50,59)(H,51,61)(H,52,57,58)/t26?,28?,34-,37+,39-,46-/m1/s1. The number of carbonyl (C=O) groups excluding carboxylic acids is 5. The Labute approximate surface area is 366 Å². The van der Waals surface area contributed by atoms with Gasteiger partial charge in [-0.05, 0) is 79.6 Å². The first-order valence-corrected chi connectivity index (χ1v) is 22.0. The molecular weight excluding hydrogens is 836 g/mol. The third-order valence-corrected chi connectivity index (χ3v) is 14.9. The van der Waals surface area contributed by atoms with E-state index in [0.717, 1.165) is 19.3 Å². The van der Waals surface area contributed by atoms with Crippen molar-refractivity contribution in [2.75, 3.05) is 18.4 Å². The van der Waals surface area contributed by atoms with Crippen molar-refractivity contribution >= 4 is 69.5 Å². The Bertz CT molecular complexity index is 2740. The number of hydrogen-bond donors (Lipinski definition) is 4. The average Bonchev–Trinajstić information content (AvgIpc) is 3.77. The molecule has 10 rings (SSSR count). The van der Waals surface area contributed by atoms with Gasteiger partial charge in [0.05, 0.1) is 28.0 Å². The number of imidazole rings is 1. The van der Waals surface area contributed by atoms with E-state index in [0.29, 0.717) is 71.6 Å². The van der Waals surface area contributed by atoms with E-state index in [-0.39, 0.29) is 70.6 Å². The number of piperidine rings is 1. The summed E-state index contributed by atoms with van der Waals surface area (Å²) in [5, 5.41) is 12.5. The normalized spacial score (nSPS) is 27.6. The van der Waals surface area contributed by atoms with Gasteiger partial charge in [0.25, 0.3) is 0 Å². The largest absolute Gasteiger partial charge is 0.352 e. The Morgan fingerprint density at radius 1 is 0.935 bits per heavy atom. The van der Waals surface area contributed by atoms with Crippen molar-refractivity contribution in [3.05, 3.63) is 97.6 Å². The molecule has 5 heterocycles. The number of benzene rings is 3. The van der Waals surface area contributed by atoms with Gasteiger partial charge in [0.1, 0.15) is 17.3 Å². The van der Waals surface area contributed by atoms with Gasteiger partial charge in [0.15, 0.2) is 0 Å². The lowest BCUT2D eigenvalue weighted by Gasteiger charge is -2.47. The summed E-state index contributed by atoms with van der Waals surface area (Å²) in [6.45, 7) is 0.952. The molecule has 5 amide bonds. The molecule has 16 heteroatoms. The van der Waals surface area contributed by atoms with Crippen LogP contribution in [0, 0.1) is 29.5 Å². The SMILES string of the molecule is Cn1c(=O)n([C@@H]2CCC(=O)NC2=O)c2ccc(C#CC3CN(C(=O)C4CC(NC(=O)[C@@H]5NC6(CCCCC6)[C@@]6(C(=O)Nc7cc(Cl)ccc76)[C@H]5c5cccc(Cl)c5F)C4)C3)cc21. The summed E-state index contributed by atoms with van der Waals surface area (Å²) in [6.07, 6.45) is 5.19. The number of anilines is 1. The van der Waals surface area contributed by atoms with Gasteiger partial charge in [-0.15, -0.1) is 0 Å². The van der Waals surface area contributed by atoms with E-state index < -0.39 is 40.7 Å². The number of imide groups is 1. The van der Waals surface area contributed by atoms with Gasteiger partial charge in [-0.1, -0.05) is 72.5 Å². The van der Waals surface area contributed by atoms with Crippen LogP contribution in [0.25, 0.3) is 11.0 Å². The first-order valence-electron chi connectivity index (χ1n) is 21.3. The number of rotatable bonds is 5. The number of nitrogens with zero attached hydrogens (tertiary/aromatic N) is 3. The predicted octanol–water partition coefficient (Wildman–Crippen LogP) is 4.82. The number of amides is 5. The van der Waals surface area contributed by atoms with E-state index in [4.69, 9.17) is 23.2 Å². The van der Waals surface area contributed by atoms with Crippen LogP contribution in [0.2, 0.25) is 10.0 Å². The van der Waals surface area contributed by atoms with E-state index in [2.05, 4.69) is 33.1 Å². The molecule has 320 valence electrons. The van der Waals surface area contributed by atoms with Crippen molar-refractivity contribution in [3.63, 3.8) is 0 Å².